The van der Waals surface area contributed by atoms with Gasteiger partial charge in [-0.3, -0.25) is 9.59 Å². The Balaban J connectivity index is 1.89. The number of anilines is 1. The normalized spacial score (nSPS) is 16.1. The average Bonchev–Trinajstić information content (AvgIpc) is 2.53. The summed E-state index contributed by atoms with van der Waals surface area (Å²) in [4.78, 5) is 26.5. The van der Waals surface area contributed by atoms with Crippen LogP contribution in [0.4, 0.5) is 5.69 Å². The highest BCUT2D eigenvalue weighted by molar-refractivity contribution is 5.93. The summed E-state index contributed by atoms with van der Waals surface area (Å²) >= 11 is 0. The van der Waals surface area contributed by atoms with Crippen molar-refractivity contribution in [1.82, 2.24) is 4.90 Å². The van der Waals surface area contributed by atoms with Gasteiger partial charge in [0.1, 0.15) is 5.75 Å². The van der Waals surface area contributed by atoms with Crippen LogP contribution < -0.4 is 10.1 Å². The summed E-state index contributed by atoms with van der Waals surface area (Å²) in [5.41, 5.74) is 0.373. The third-order valence-electron chi connectivity index (χ3n) is 4.13. The van der Waals surface area contributed by atoms with Gasteiger partial charge < -0.3 is 15.0 Å². The van der Waals surface area contributed by atoms with Gasteiger partial charge in [0.15, 0.2) is 0 Å². The van der Waals surface area contributed by atoms with Crippen molar-refractivity contribution in [3.63, 3.8) is 0 Å². The van der Waals surface area contributed by atoms with Crippen molar-refractivity contribution in [2.24, 2.45) is 11.3 Å². The lowest BCUT2D eigenvalue weighted by Crippen LogP contribution is -2.45. The zero-order valence-corrected chi connectivity index (χ0v) is 14.4. The Morgan fingerprint density at radius 1 is 1.22 bits per heavy atom. The molecule has 2 rings (SSSR count). The number of rotatable bonds is 3. The van der Waals surface area contributed by atoms with Gasteiger partial charge in [0.25, 0.3) is 0 Å². The molecule has 2 amide bonds. The zero-order chi connectivity index (χ0) is 17.0. The number of carbonyl (C=O) groups excluding carboxylic acids is 2. The lowest BCUT2D eigenvalue weighted by atomic mass is 9.90. The standard InChI is InChI=1S/C18H26N2O3/c1-18(2,3)17(22)20-10-8-13(9-11-20)16(21)19-14-6-5-7-15(12-14)23-4/h5-7,12-13H,8-11H2,1-4H3,(H,19,21). The molecule has 0 aliphatic carbocycles. The van der Waals surface area contributed by atoms with Crippen LogP contribution in [0, 0.1) is 11.3 Å². The van der Waals surface area contributed by atoms with Crippen LogP contribution in [0.3, 0.4) is 0 Å². The molecule has 0 bridgehead atoms. The van der Waals surface area contributed by atoms with Crippen molar-refractivity contribution in [2.45, 2.75) is 33.6 Å². The summed E-state index contributed by atoms with van der Waals surface area (Å²) in [7, 11) is 1.60. The van der Waals surface area contributed by atoms with E-state index < -0.39 is 0 Å². The van der Waals surface area contributed by atoms with Crippen LogP contribution in [0.1, 0.15) is 33.6 Å². The van der Waals surface area contributed by atoms with Crippen molar-refractivity contribution < 1.29 is 14.3 Å². The first-order valence-electron chi connectivity index (χ1n) is 8.05. The lowest BCUT2D eigenvalue weighted by molar-refractivity contribution is -0.142. The first-order valence-corrected chi connectivity index (χ1v) is 8.05. The van der Waals surface area contributed by atoms with Crippen LogP contribution in [-0.2, 0) is 9.59 Å². The van der Waals surface area contributed by atoms with E-state index in [-0.39, 0.29) is 23.1 Å². The van der Waals surface area contributed by atoms with Crippen LogP contribution in [0.25, 0.3) is 0 Å². The maximum absolute atomic E-state index is 12.4. The highest BCUT2D eigenvalue weighted by atomic mass is 16.5. The van der Waals surface area contributed by atoms with Gasteiger partial charge in [0.2, 0.25) is 11.8 Å². The molecule has 0 saturated carbocycles. The molecule has 1 aromatic rings. The Labute approximate surface area is 138 Å². The molecule has 5 nitrogen and oxygen atoms in total. The molecule has 23 heavy (non-hydrogen) atoms. The molecule has 5 heteroatoms. The summed E-state index contributed by atoms with van der Waals surface area (Å²) in [6, 6.07) is 7.33. The largest absolute Gasteiger partial charge is 0.497 e. The minimum absolute atomic E-state index is 0.0149. The molecule has 126 valence electrons. The van der Waals surface area contributed by atoms with E-state index >= 15 is 0 Å². The lowest BCUT2D eigenvalue weighted by Gasteiger charge is -2.35. The van der Waals surface area contributed by atoms with Gasteiger partial charge in [-0.2, -0.15) is 0 Å². The smallest absolute Gasteiger partial charge is 0.227 e. The monoisotopic (exact) mass is 318 g/mol. The fourth-order valence-electron chi connectivity index (χ4n) is 2.76. The Bertz CT molecular complexity index is 570. The molecule has 1 aliphatic heterocycles. The van der Waals surface area contributed by atoms with Gasteiger partial charge in [-0.15, -0.1) is 0 Å². The summed E-state index contributed by atoms with van der Waals surface area (Å²) in [5.74, 6) is 0.837. The number of carbonyl (C=O) groups is 2. The maximum atomic E-state index is 12.4. The Morgan fingerprint density at radius 2 is 1.87 bits per heavy atom. The highest BCUT2D eigenvalue weighted by Gasteiger charge is 2.32. The number of ether oxygens (including phenoxy) is 1. The quantitative estimate of drug-likeness (QED) is 0.932. The van der Waals surface area contributed by atoms with Crippen LogP contribution in [-0.4, -0.2) is 36.9 Å². The van der Waals surface area contributed by atoms with Gasteiger partial charge in [0, 0.05) is 36.2 Å². The third kappa shape index (κ3) is 4.47. The van der Waals surface area contributed by atoms with Gasteiger partial charge in [0.05, 0.1) is 7.11 Å². The van der Waals surface area contributed by atoms with Crippen molar-refractivity contribution in [2.75, 3.05) is 25.5 Å². The van der Waals surface area contributed by atoms with E-state index in [2.05, 4.69) is 5.32 Å². The minimum atomic E-state index is -0.365. The van der Waals surface area contributed by atoms with Crippen LogP contribution in [0.15, 0.2) is 24.3 Å². The molecule has 1 heterocycles. The molecular formula is C18H26N2O3. The fourth-order valence-corrected chi connectivity index (χ4v) is 2.76. The molecule has 0 aromatic heterocycles. The Morgan fingerprint density at radius 3 is 2.43 bits per heavy atom. The number of likely N-dealkylation sites (tertiary alicyclic amines) is 1. The summed E-state index contributed by atoms with van der Waals surface area (Å²) in [5, 5.41) is 2.94. The van der Waals surface area contributed by atoms with E-state index in [4.69, 9.17) is 4.74 Å². The first-order chi connectivity index (χ1) is 10.8. The van der Waals surface area contributed by atoms with Gasteiger partial charge in [-0.05, 0) is 25.0 Å². The molecule has 1 fully saturated rings. The number of hydrogen-bond donors (Lipinski definition) is 1. The van der Waals surface area contributed by atoms with E-state index in [9.17, 15) is 9.59 Å². The van der Waals surface area contributed by atoms with Gasteiger partial charge >= 0.3 is 0 Å². The average molecular weight is 318 g/mol. The van der Waals surface area contributed by atoms with Crippen LogP contribution in [0.2, 0.25) is 0 Å². The first kappa shape index (κ1) is 17.3. The molecular weight excluding hydrogens is 292 g/mol. The fraction of sp³-hybridized carbons (Fsp3) is 0.556. The predicted molar refractivity (Wildman–Crippen MR) is 90.4 cm³/mol. The van der Waals surface area contributed by atoms with Gasteiger partial charge in [-0.25, -0.2) is 0 Å². The van der Waals surface area contributed by atoms with E-state index in [1.54, 1.807) is 13.2 Å². The Hall–Kier alpha value is -2.04. The number of amides is 2. The third-order valence-corrected chi connectivity index (χ3v) is 4.13. The highest BCUT2D eigenvalue weighted by Crippen LogP contribution is 2.25. The number of piperidine rings is 1. The topological polar surface area (TPSA) is 58.6 Å². The second kappa shape index (κ2) is 7.02. The number of nitrogens with one attached hydrogen (secondary N) is 1. The Kier molecular flexibility index (Phi) is 5.29. The number of nitrogens with zero attached hydrogens (tertiary/aromatic N) is 1. The predicted octanol–water partition coefficient (Wildman–Crippen LogP) is 2.92. The summed E-state index contributed by atoms with van der Waals surface area (Å²) < 4.78 is 5.16. The summed E-state index contributed by atoms with van der Waals surface area (Å²) in [6.45, 7) is 7.07. The molecule has 1 aromatic carbocycles. The van der Waals surface area contributed by atoms with Gasteiger partial charge in [-0.1, -0.05) is 26.8 Å². The van der Waals surface area contributed by atoms with Crippen molar-refractivity contribution in [3.8, 4) is 5.75 Å². The SMILES string of the molecule is COc1cccc(NC(=O)C2CCN(C(=O)C(C)(C)C)CC2)c1. The number of methoxy groups -OCH3 is 1. The molecule has 1 saturated heterocycles. The van der Waals surface area contributed by atoms with E-state index in [1.807, 2.05) is 43.9 Å². The number of benzene rings is 1. The second-order valence-corrected chi connectivity index (χ2v) is 7.04. The van der Waals surface area contributed by atoms with E-state index in [0.29, 0.717) is 31.7 Å². The number of hydrogen-bond acceptors (Lipinski definition) is 3. The molecule has 0 radical (unpaired) electrons. The van der Waals surface area contributed by atoms with Crippen molar-refractivity contribution >= 4 is 17.5 Å². The van der Waals surface area contributed by atoms with E-state index in [1.165, 1.54) is 0 Å². The van der Waals surface area contributed by atoms with E-state index in [0.717, 1.165) is 5.69 Å². The minimum Gasteiger partial charge on any atom is -0.497 e. The molecule has 0 spiro atoms. The van der Waals surface area contributed by atoms with Crippen molar-refractivity contribution in [1.29, 1.82) is 0 Å². The molecule has 1 N–H and O–H groups in total. The summed E-state index contributed by atoms with van der Waals surface area (Å²) in [6.07, 6.45) is 1.41. The van der Waals surface area contributed by atoms with Crippen LogP contribution >= 0.6 is 0 Å². The molecule has 1 aliphatic rings. The van der Waals surface area contributed by atoms with Crippen LogP contribution in [0.5, 0.6) is 5.75 Å². The maximum Gasteiger partial charge on any atom is 0.227 e. The second-order valence-electron chi connectivity index (χ2n) is 7.04. The molecule has 0 unspecified atom stereocenters. The van der Waals surface area contributed by atoms with Crippen molar-refractivity contribution in [3.05, 3.63) is 24.3 Å². The molecule has 0 atom stereocenters. The zero-order valence-electron chi connectivity index (χ0n) is 14.4.